The van der Waals surface area contributed by atoms with E-state index < -0.39 is 0 Å². The first kappa shape index (κ1) is 12.9. The monoisotopic (exact) mass is 269 g/mol. The van der Waals surface area contributed by atoms with Crippen molar-refractivity contribution in [1.29, 1.82) is 0 Å². The third-order valence-corrected chi connectivity index (χ3v) is 3.90. The Morgan fingerprint density at radius 1 is 1.10 bits per heavy atom. The molecule has 0 saturated carbocycles. The highest BCUT2D eigenvalue weighted by Gasteiger charge is 2.23. The molecule has 1 amide bonds. The number of rotatable bonds is 2. The van der Waals surface area contributed by atoms with E-state index in [1.54, 1.807) is 19.1 Å². The Bertz CT molecular complexity index is 641. The van der Waals surface area contributed by atoms with Gasteiger partial charge in [-0.1, -0.05) is 30.3 Å². The van der Waals surface area contributed by atoms with Crippen LogP contribution in [0.4, 0.5) is 4.39 Å². The number of halogens is 1. The summed E-state index contributed by atoms with van der Waals surface area (Å²) >= 11 is 0. The van der Waals surface area contributed by atoms with E-state index in [4.69, 9.17) is 0 Å². The SMILES string of the molecule is Cc1c(F)cccc1C(=O)NC1Cc2ccccc2C1. The highest BCUT2D eigenvalue weighted by atomic mass is 19.1. The molecule has 0 aliphatic heterocycles. The van der Waals surface area contributed by atoms with Crippen LogP contribution in [-0.2, 0) is 12.8 Å². The Balaban J connectivity index is 1.74. The number of hydrogen-bond donors (Lipinski definition) is 1. The molecule has 3 heteroatoms. The molecule has 20 heavy (non-hydrogen) atoms. The molecule has 0 heterocycles. The number of hydrogen-bond acceptors (Lipinski definition) is 1. The van der Waals surface area contributed by atoms with Gasteiger partial charge in [-0.3, -0.25) is 4.79 Å². The largest absolute Gasteiger partial charge is 0.349 e. The van der Waals surface area contributed by atoms with Gasteiger partial charge < -0.3 is 5.32 Å². The van der Waals surface area contributed by atoms with Crippen LogP contribution in [-0.4, -0.2) is 11.9 Å². The lowest BCUT2D eigenvalue weighted by Gasteiger charge is -2.13. The molecule has 0 saturated heterocycles. The predicted molar refractivity (Wildman–Crippen MR) is 76.2 cm³/mol. The highest BCUT2D eigenvalue weighted by molar-refractivity contribution is 5.95. The second-order valence-electron chi connectivity index (χ2n) is 5.26. The molecule has 0 bridgehead atoms. The second kappa shape index (κ2) is 5.08. The van der Waals surface area contributed by atoms with E-state index in [2.05, 4.69) is 17.4 Å². The molecule has 0 atom stereocenters. The van der Waals surface area contributed by atoms with Gasteiger partial charge in [-0.05, 0) is 48.6 Å². The van der Waals surface area contributed by atoms with Gasteiger partial charge >= 0.3 is 0 Å². The molecule has 2 aromatic carbocycles. The molecule has 1 aliphatic rings. The van der Waals surface area contributed by atoms with Gasteiger partial charge in [0.25, 0.3) is 5.91 Å². The lowest BCUT2D eigenvalue weighted by Crippen LogP contribution is -2.35. The van der Waals surface area contributed by atoms with Crippen molar-refractivity contribution >= 4 is 5.91 Å². The number of nitrogens with one attached hydrogen (secondary N) is 1. The van der Waals surface area contributed by atoms with Crippen LogP contribution in [0.2, 0.25) is 0 Å². The molecule has 0 fully saturated rings. The summed E-state index contributed by atoms with van der Waals surface area (Å²) in [6.07, 6.45) is 1.69. The minimum atomic E-state index is -0.340. The van der Waals surface area contributed by atoms with Gasteiger partial charge in [0, 0.05) is 11.6 Å². The summed E-state index contributed by atoms with van der Waals surface area (Å²) in [6.45, 7) is 1.63. The van der Waals surface area contributed by atoms with E-state index in [0.29, 0.717) is 11.1 Å². The number of fused-ring (bicyclic) bond motifs is 1. The fraction of sp³-hybridized carbons (Fsp3) is 0.235. The van der Waals surface area contributed by atoms with Crippen LogP contribution < -0.4 is 5.32 Å². The number of carbonyl (C=O) groups excluding carboxylic acids is 1. The first-order valence-electron chi connectivity index (χ1n) is 6.78. The van der Waals surface area contributed by atoms with E-state index in [1.165, 1.54) is 17.2 Å². The summed E-state index contributed by atoms with van der Waals surface area (Å²) in [7, 11) is 0. The first-order chi connectivity index (χ1) is 9.65. The van der Waals surface area contributed by atoms with E-state index in [9.17, 15) is 9.18 Å². The zero-order valence-corrected chi connectivity index (χ0v) is 11.3. The average molecular weight is 269 g/mol. The van der Waals surface area contributed by atoms with Gasteiger partial charge in [0.05, 0.1) is 0 Å². The number of benzene rings is 2. The van der Waals surface area contributed by atoms with Crippen LogP contribution >= 0.6 is 0 Å². The van der Waals surface area contributed by atoms with Crippen LogP contribution in [0.15, 0.2) is 42.5 Å². The Morgan fingerprint density at radius 3 is 2.40 bits per heavy atom. The van der Waals surface area contributed by atoms with Crippen molar-refractivity contribution in [1.82, 2.24) is 5.32 Å². The standard InChI is InChI=1S/C17H16FNO/c1-11-15(7-4-8-16(11)18)17(20)19-14-9-12-5-2-3-6-13(12)10-14/h2-8,14H,9-10H2,1H3,(H,19,20). The molecule has 0 spiro atoms. The Labute approximate surface area is 117 Å². The summed E-state index contributed by atoms with van der Waals surface area (Å²) in [5.74, 6) is -0.535. The van der Waals surface area contributed by atoms with Crippen LogP contribution in [0.25, 0.3) is 0 Å². The topological polar surface area (TPSA) is 29.1 Å². The van der Waals surface area contributed by atoms with Gasteiger partial charge in [-0.15, -0.1) is 0 Å². The van der Waals surface area contributed by atoms with Gasteiger partial charge in [0.15, 0.2) is 0 Å². The van der Waals surface area contributed by atoms with E-state index in [0.717, 1.165) is 12.8 Å². The van der Waals surface area contributed by atoms with Crippen molar-refractivity contribution in [2.24, 2.45) is 0 Å². The quantitative estimate of drug-likeness (QED) is 0.892. The van der Waals surface area contributed by atoms with Crippen molar-refractivity contribution in [2.45, 2.75) is 25.8 Å². The maximum atomic E-state index is 13.5. The fourth-order valence-corrected chi connectivity index (χ4v) is 2.78. The Kier molecular flexibility index (Phi) is 3.26. The Hall–Kier alpha value is -2.16. The molecule has 0 unspecified atom stereocenters. The smallest absolute Gasteiger partial charge is 0.251 e. The van der Waals surface area contributed by atoms with Gasteiger partial charge in [-0.25, -0.2) is 4.39 Å². The van der Waals surface area contributed by atoms with Crippen molar-refractivity contribution in [3.05, 3.63) is 70.5 Å². The predicted octanol–water partition coefficient (Wildman–Crippen LogP) is 3.03. The fourth-order valence-electron chi connectivity index (χ4n) is 2.78. The summed E-state index contributed by atoms with van der Waals surface area (Å²) in [5.41, 5.74) is 3.39. The lowest BCUT2D eigenvalue weighted by molar-refractivity contribution is 0.0937. The first-order valence-corrected chi connectivity index (χ1v) is 6.78. The summed E-state index contributed by atoms with van der Waals surface area (Å²) in [6, 6.07) is 12.9. The van der Waals surface area contributed by atoms with Gasteiger partial charge in [0.1, 0.15) is 5.82 Å². The van der Waals surface area contributed by atoms with E-state index in [1.807, 2.05) is 12.1 Å². The van der Waals surface area contributed by atoms with Crippen molar-refractivity contribution in [3.8, 4) is 0 Å². The minimum Gasteiger partial charge on any atom is -0.349 e. The molecule has 3 rings (SSSR count). The number of carbonyl (C=O) groups is 1. The van der Waals surface area contributed by atoms with Crippen LogP contribution in [0.5, 0.6) is 0 Å². The molecular formula is C17H16FNO. The molecule has 0 aromatic heterocycles. The maximum Gasteiger partial charge on any atom is 0.251 e. The molecule has 102 valence electrons. The van der Waals surface area contributed by atoms with Crippen molar-refractivity contribution < 1.29 is 9.18 Å². The molecule has 2 aromatic rings. The summed E-state index contributed by atoms with van der Waals surface area (Å²) < 4.78 is 13.5. The third kappa shape index (κ3) is 2.31. The maximum absolute atomic E-state index is 13.5. The van der Waals surface area contributed by atoms with Crippen LogP contribution in [0, 0.1) is 12.7 Å². The molecule has 0 radical (unpaired) electrons. The van der Waals surface area contributed by atoms with Gasteiger partial charge in [-0.2, -0.15) is 0 Å². The summed E-state index contributed by atoms with van der Waals surface area (Å²) in [4.78, 5) is 12.2. The average Bonchev–Trinajstić information content (AvgIpc) is 2.83. The molecule has 1 aliphatic carbocycles. The Morgan fingerprint density at radius 2 is 1.75 bits per heavy atom. The molecule has 1 N–H and O–H groups in total. The molecular weight excluding hydrogens is 253 g/mol. The minimum absolute atomic E-state index is 0.0996. The third-order valence-electron chi connectivity index (χ3n) is 3.90. The van der Waals surface area contributed by atoms with Gasteiger partial charge in [0.2, 0.25) is 0 Å². The van der Waals surface area contributed by atoms with E-state index in [-0.39, 0.29) is 17.8 Å². The van der Waals surface area contributed by atoms with Crippen LogP contribution in [0.1, 0.15) is 27.0 Å². The normalized spacial score (nSPS) is 14.1. The number of amides is 1. The summed E-state index contributed by atoms with van der Waals surface area (Å²) in [5, 5.41) is 3.00. The lowest BCUT2D eigenvalue weighted by atomic mass is 10.1. The zero-order chi connectivity index (χ0) is 14.1. The van der Waals surface area contributed by atoms with Crippen molar-refractivity contribution in [3.63, 3.8) is 0 Å². The second-order valence-corrected chi connectivity index (χ2v) is 5.26. The van der Waals surface area contributed by atoms with Crippen molar-refractivity contribution in [2.75, 3.05) is 0 Å². The molecule has 2 nitrogen and oxygen atoms in total. The zero-order valence-electron chi connectivity index (χ0n) is 11.3. The van der Waals surface area contributed by atoms with E-state index >= 15 is 0 Å². The highest BCUT2D eigenvalue weighted by Crippen LogP contribution is 2.22. The van der Waals surface area contributed by atoms with Crippen LogP contribution in [0.3, 0.4) is 0 Å².